The maximum atomic E-state index is 13.9. The quantitative estimate of drug-likeness (QED) is 0.242. The van der Waals surface area contributed by atoms with Crippen molar-refractivity contribution in [2.24, 2.45) is 0 Å². The van der Waals surface area contributed by atoms with Crippen LogP contribution in [0.3, 0.4) is 0 Å². The zero-order valence-electron chi connectivity index (χ0n) is 22.6. The topological polar surface area (TPSA) is 96.0 Å². The van der Waals surface area contributed by atoms with Crippen molar-refractivity contribution in [2.45, 2.75) is 44.2 Å². The molecule has 1 N–H and O–H groups in total. The van der Waals surface area contributed by atoms with Gasteiger partial charge in [0.2, 0.25) is 11.8 Å². The summed E-state index contributed by atoms with van der Waals surface area (Å²) >= 11 is 9.51. The number of sulfonamides is 1. The van der Waals surface area contributed by atoms with E-state index in [9.17, 15) is 18.0 Å². The molecular weight excluding hydrogens is 618 g/mol. The molecule has 0 saturated carbocycles. The number of ether oxygens (including phenoxy) is 1. The van der Waals surface area contributed by atoms with Gasteiger partial charge in [0, 0.05) is 22.6 Å². The summed E-state index contributed by atoms with van der Waals surface area (Å²) in [4.78, 5) is 28.3. The number of nitrogens with zero attached hydrogens (tertiary/aromatic N) is 2. The Morgan fingerprint density at radius 3 is 2.33 bits per heavy atom. The van der Waals surface area contributed by atoms with E-state index in [4.69, 9.17) is 16.3 Å². The number of benzene rings is 3. The third kappa shape index (κ3) is 8.22. The van der Waals surface area contributed by atoms with Crippen molar-refractivity contribution in [1.29, 1.82) is 0 Å². The van der Waals surface area contributed by atoms with Crippen LogP contribution in [0.2, 0.25) is 5.02 Å². The first kappa shape index (κ1) is 31.4. The Morgan fingerprint density at radius 2 is 1.73 bits per heavy atom. The van der Waals surface area contributed by atoms with Gasteiger partial charge in [0.15, 0.2) is 0 Å². The van der Waals surface area contributed by atoms with Gasteiger partial charge in [-0.05, 0) is 79.6 Å². The summed E-state index contributed by atoms with van der Waals surface area (Å²) in [7, 11) is -2.70. The van der Waals surface area contributed by atoms with Gasteiger partial charge >= 0.3 is 0 Å². The number of carbonyl (C=O) groups is 2. The van der Waals surface area contributed by atoms with Gasteiger partial charge in [-0.25, -0.2) is 8.42 Å². The lowest BCUT2D eigenvalue weighted by atomic mass is 10.1. The number of rotatable bonds is 13. The Labute approximate surface area is 249 Å². The molecular formula is C29H33BrClN3O5S. The van der Waals surface area contributed by atoms with Gasteiger partial charge in [-0.1, -0.05) is 53.0 Å². The van der Waals surface area contributed by atoms with Crippen LogP contribution in [-0.4, -0.2) is 51.4 Å². The number of methoxy groups -OCH3 is 1. The number of hydrogen-bond donors (Lipinski definition) is 1. The Bertz CT molecular complexity index is 1400. The summed E-state index contributed by atoms with van der Waals surface area (Å²) in [6.07, 6.45) is 1.72. The zero-order chi connectivity index (χ0) is 29.3. The molecule has 2 amide bonds. The summed E-state index contributed by atoms with van der Waals surface area (Å²) < 4.78 is 34.7. The highest BCUT2D eigenvalue weighted by atomic mass is 79.9. The molecule has 1 atom stereocenters. The Morgan fingerprint density at radius 1 is 1.05 bits per heavy atom. The largest absolute Gasteiger partial charge is 0.497 e. The van der Waals surface area contributed by atoms with E-state index in [-0.39, 0.29) is 23.0 Å². The molecule has 0 radical (unpaired) electrons. The summed E-state index contributed by atoms with van der Waals surface area (Å²) in [5.74, 6) is -0.353. The third-order valence-corrected chi connectivity index (χ3v) is 8.81. The SMILES string of the molecule is CCCCNC(=O)C(C)N(Cc1cccc(Br)c1)C(=O)CN(c1ccc(Cl)cc1)S(=O)(=O)c1ccc(OC)cc1. The van der Waals surface area contributed by atoms with Crippen LogP contribution in [0.25, 0.3) is 0 Å². The zero-order valence-corrected chi connectivity index (χ0v) is 25.8. The molecule has 0 bridgehead atoms. The summed E-state index contributed by atoms with van der Waals surface area (Å²) in [6.45, 7) is 3.73. The number of anilines is 1. The molecule has 3 aromatic carbocycles. The lowest BCUT2D eigenvalue weighted by Gasteiger charge is -2.32. The van der Waals surface area contributed by atoms with Crippen LogP contribution in [0.5, 0.6) is 5.75 Å². The molecule has 11 heteroatoms. The minimum absolute atomic E-state index is 0.0139. The normalized spacial score (nSPS) is 11.9. The van der Waals surface area contributed by atoms with Gasteiger partial charge < -0.3 is 15.0 Å². The van der Waals surface area contributed by atoms with E-state index in [1.807, 2.05) is 31.2 Å². The van der Waals surface area contributed by atoms with Gasteiger partial charge in [0.05, 0.1) is 17.7 Å². The van der Waals surface area contributed by atoms with E-state index in [1.54, 1.807) is 19.1 Å². The molecule has 0 heterocycles. The van der Waals surface area contributed by atoms with E-state index in [0.717, 1.165) is 27.2 Å². The van der Waals surface area contributed by atoms with Crippen LogP contribution in [0.4, 0.5) is 5.69 Å². The predicted molar refractivity (Wildman–Crippen MR) is 161 cm³/mol. The van der Waals surface area contributed by atoms with Crippen molar-refractivity contribution >= 4 is 55.1 Å². The molecule has 3 rings (SSSR count). The molecule has 0 fully saturated rings. The predicted octanol–water partition coefficient (Wildman–Crippen LogP) is 5.64. The Hall–Kier alpha value is -3.08. The number of halogens is 2. The van der Waals surface area contributed by atoms with Gasteiger partial charge in [0.1, 0.15) is 18.3 Å². The van der Waals surface area contributed by atoms with E-state index in [0.29, 0.717) is 17.3 Å². The second kappa shape index (κ2) is 14.5. The Kier molecular flexibility index (Phi) is 11.4. The molecule has 0 spiro atoms. The molecule has 0 aromatic heterocycles. The van der Waals surface area contributed by atoms with E-state index in [2.05, 4.69) is 21.2 Å². The summed E-state index contributed by atoms with van der Waals surface area (Å²) in [5, 5.41) is 3.30. The maximum absolute atomic E-state index is 13.9. The molecule has 214 valence electrons. The van der Waals surface area contributed by atoms with Gasteiger partial charge in [0.25, 0.3) is 10.0 Å². The highest BCUT2D eigenvalue weighted by Crippen LogP contribution is 2.27. The second-order valence-corrected chi connectivity index (χ2v) is 12.4. The highest BCUT2D eigenvalue weighted by molar-refractivity contribution is 9.10. The van der Waals surface area contributed by atoms with Crippen LogP contribution in [0, 0.1) is 0 Å². The van der Waals surface area contributed by atoms with Gasteiger partial charge in [-0.2, -0.15) is 0 Å². The molecule has 3 aromatic rings. The van der Waals surface area contributed by atoms with Gasteiger partial charge in [-0.15, -0.1) is 0 Å². The number of carbonyl (C=O) groups excluding carboxylic acids is 2. The molecule has 0 saturated heterocycles. The number of nitrogens with one attached hydrogen (secondary N) is 1. The van der Waals surface area contributed by atoms with E-state index >= 15 is 0 Å². The average molecular weight is 651 g/mol. The molecule has 1 unspecified atom stereocenters. The Balaban J connectivity index is 2.00. The first-order chi connectivity index (χ1) is 19.1. The van der Waals surface area contributed by atoms with Crippen molar-refractivity contribution in [3.63, 3.8) is 0 Å². The monoisotopic (exact) mass is 649 g/mol. The molecule has 8 nitrogen and oxygen atoms in total. The van der Waals surface area contributed by atoms with Crippen LogP contribution in [0.1, 0.15) is 32.3 Å². The first-order valence-electron chi connectivity index (χ1n) is 12.8. The van der Waals surface area contributed by atoms with Crippen LogP contribution >= 0.6 is 27.5 Å². The lowest BCUT2D eigenvalue weighted by molar-refractivity contribution is -0.139. The number of amides is 2. The van der Waals surface area contributed by atoms with Gasteiger partial charge in [-0.3, -0.25) is 13.9 Å². The van der Waals surface area contributed by atoms with Crippen molar-refractivity contribution < 1.29 is 22.7 Å². The second-order valence-electron chi connectivity index (χ2n) is 9.14. The minimum Gasteiger partial charge on any atom is -0.497 e. The fourth-order valence-electron chi connectivity index (χ4n) is 3.96. The van der Waals surface area contributed by atoms with Crippen molar-refractivity contribution in [1.82, 2.24) is 10.2 Å². The van der Waals surface area contributed by atoms with Crippen LogP contribution in [-0.2, 0) is 26.2 Å². The maximum Gasteiger partial charge on any atom is 0.264 e. The summed E-state index contributed by atoms with van der Waals surface area (Å²) in [6, 6.07) is 18.7. The summed E-state index contributed by atoms with van der Waals surface area (Å²) in [5.41, 5.74) is 1.04. The minimum atomic E-state index is -4.18. The average Bonchev–Trinajstić information content (AvgIpc) is 2.94. The standard InChI is InChI=1S/C29H33BrClN3O5S/c1-4-5-17-32-29(36)21(2)33(19-22-7-6-8-23(30)18-22)28(35)20-34(25-11-9-24(31)10-12-25)40(37,38)27-15-13-26(39-3)14-16-27/h6-16,18,21H,4-5,17,19-20H2,1-3H3,(H,32,36). The smallest absolute Gasteiger partial charge is 0.264 e. The number of unbranched alkanes of at least 4 members (excludes halogenated alkanes) is 1. The molecule has 0 aliphatic rings. The first-order valence-corrected chi connectivity index (χ1v) is 15.4. The molecule has 40 heavy (non-hydrogen) atoms. The van der Waals surface area contributed by atoms with E-state index < -0.39 is 28.5 Å². The highest BCUT2D eigenvalue weighted by Gasteiger charge is 2.32. The van der Waals surface area contributed by atoms with Crippen LogP contribution < -0.4 is 14.4 Å². The molecule has 0 aliphatic heterocycles. The van der Waals surface area contributed by atoms with E-state index in [1.165, 1.54) is 48.4 Å². The third-order valence-electron chi connectivity index (χ3n) is 6.28. The fraction of sp³-hybridized carbons (Fsp3) is 0.310. The fourth-order valence-corrected chi connectivity index (χ4v) is 5.95. The molecule has 0 aliphatic carbocycles. The van der Waals surface area contributed by atoms with Crippen molar-refractivity contribution in [2.75, 3.05) is 24.5 Å². The van der Waals surface area contributed by atoms with Crippen LogP contribution in [0.15, 0.2) is 82.2 Å². The lowest BCUT2D eigenvalue weighted by Crippen LogP contribution is -2.51. The van der Waals surface area contributed by atoms with Crippen molar-refractivity contribution in [3.05, 3.63) is 87.9 Å². The van der Waals surface area contributed by atoms with Crippen molar-refractivity contribution in [3.8, 4) is 5.75 Å². The number of hydrogen-bond acceptors (Lipinski definition) is 5.